The number of carbonyl (C=O) groups is 1. The predicted molar refractivity (Wildman–Crippen MR) is 106 cm³/mol. The Morgan fingerprint density at radius 2 is 1.71 bits per heavy atom. The molecule has 0 aliphatic heterocycles. The van der Waals surface area contributed by atoms with Crippen molar-refractivity contribution in [2.24, 2.45) is 5.73 Å². The molecule has 0 bridgehead atoms. The van der Waals surface area contributed by atoms with E-state index in [0.717, 1.165) is 11.1 Å². The van der Waals surface area contributed by atoms with Gasteiger partial charge in [0.25, 0.3) is 0 Å². The highest BCUT2D eigenvalue weighted by molar-refractivity contribution is 5.86. The Morgan fingerprint density at radius 1 is 0.964 bits per heavy atom. The summed E-state index contributed by atoms with van der Waals surface area (Å²) in [6, 6.07) is 13.6. The van der Waals surface area contributed by atoms with Crippen LogP contribution in [0.5, 0.6) is 0 Å². The van der Waals surface area contributed by atoms with Crippen LogP contribution in [-0.4, -0.2) is 22.4 Å². The van der Waals surface area contributed by atoms with Crippen molar-refractivity contribution in [1.29, 1.82) is 0 Å². The average Bonchev–Trinajstić information content (AvgIpc) is 2.72. The van der Waals surface area contributed by atoms with Crippen LogP contribution in [-0.2, 0) is 23.2 Å². The monoisotopic (exact) mass is 378 g/mol. The normalized spacial score (nSPS) is 13.0. The lowest BCUT2D eigenvalue weighted by Gasteiger charge is -2.33. The standard InChI is InChI=1S/C22H23FN4O/c23-20-5-3-19(4-6-20)22(21(24)28,11-7-18-2-1-12-26-16-18)27-15-10-17-8-13-25-14-9-17/h1-6,8-9,12-14,16,27H,7,10-11,15H2,(H2,24,28). The molecule has 2 heterocycles. The van der Waals surface area contributed by atoms with E-state index < -0.39 is 11.4 Å². The number of halogens is 1. The first-order valence-corrected chi connectivity index (χ1v) is 9.19. The number of nitrogens with one attached hydrogen (secondary N) is 1. The number of aromatic nitrogens is 2. The second-order valence-corrected chi connectivity index (χ2v) is 6.67. The van der Waals surface area contributed by atoms with E-state index in [9.17, 15) is 9.18 Å². The molecule has 3 N–H and O–H groups in total. The zero-order valence-corrected chi connectivity index (χ0v) is 15.5. The molecule has 0 saturated carbocycles. The highest BCUT2D eigenvalue weighted by Gasteiger charge is 2.37. The number of nitrogens with zero attached hydrogens (tertiary/aromatic N) is 2. The topological polar surface area (TPSA) is 80.9 Å². The number of pyridine rings is 2. The fourth-order valence-corrected chi connectivity index (χ4v) is 3.27. The summed E-state index contributed by atoms with van der Waals surface area (Å²) in [7, 11) is 0. The molecule has 0 saturated heterocycles. The van der Waals surface area contributed by atoms with Gasteiger partial charge in [-0.1, -0.05) is 18.2 Å². The van der Waals surface area contributed by atoms with E-state index in [1.807, 2.05) is 24.3 Å². The lowest BCUT2D eigenvalue weighted by Crippen LogP contribution is -2.53. The second kappa shape index (κ2) is 9.19. The lowest BCUT2D eigenvalue weighted by atomic mass is 9.83. The molecule has 1 atom stereocenters. The molecule has 0 aliphatic carbocycles. The maximum absolute atomic E-state index is 13.4. The molecule has 5 nitrogen and oxygen atoms in total. The number of rotatable bonds is 9. The van der Waals surface area contributed by atoms with Crippen LogP contribution in [0, 0.1) is 5.82 Å². The van der Waals surface area contributed by atoms with Crippen LogP contribution in [0.15, 0.2) is 73.3 Å². The molecule has 3 aromatic rings. The molecule has 3 rings (SSSR count). The third-order valence-corrected chi connectivity index (χ3v) is 4.86. The number of hydrogen-bond donors (Lipinski definition) is 2. The molecule has 1 amide bonds. The van der Waals surface area contributed by atoms with Crippen LogP contribution in [0.4, 0.5) is 4.39 Å². The van der Waals surface area contributed by atoms with Crippen molar-refractivity contribution in [2.45, 2.75) is 24.8 Å². The van der Waals surface area contributed by atoms with Crippen molar-refractivity contribution < 1.29 is 9.18 Å². The second-order valence-electron chi connectivity index (χ2n) is 6.67. The van der Waals surface area contributed by atoms with E-state index in [-0.39, 0.29) is 5.82 Å². The average molecular weight is 378 g/mol. The molecule has 6 heteroatoms. The Morgan fingerprint density at radius 3 is 2.36 bits per heavy atom. The zero-order valence-electron chi connectivity index (χ0n) is 15.5. The van der Waals surface area contributed by atoms with Gasteiger partial charge in [-0.15, -0.1) is 0 Å². The van der Waals surface area contributed by atoms with Gasteiger partial charge in [0.15, 0.2) is 0 Å². The summed E-state index contributed by atoms with van der Waals surface area (Å²) in [6.45, 7) is 0.539. The number of nitrogens with two attached hydrogens (primary N) is 1. The van der Waals surface area contributed by atoms with E-state index in [1.54, 1.807) is 36.9 Å². The maximum Gasteiger partial charge on any atom is 0.242 e. The van der Waals surface area contributed by atoms with Crippen LogP contribution in [0.3, 0.4) is 0 Å². The van der Waals surface area contributed by atoms with Gasteiger partial charge in [-0.2, -0.15) is 0 Å². The van der Waals surface area contributed by atoms with E-state index >= 15 is 0 Å². The van der Waals surface area contributed by atoms with Gasteiger partial charge in [0.2, 0.25) is 5.91 Å². The highest BCUT2D eigenvalue weighted by Crippen LogP contribution is 2.27. The fraction of sp³-hybridized carbons (Fsp3) is 0.227. The minimum absolute atomic E-state index is 0.355. The van der Waals surface area contributed by atoms with Gasteiger partial charge in [0.05, 0.1) is 0 Å². The number of hydrogen-bond acceptors (Lipinski definition) is 4. The van der Waals surface area contributed by atoms with Gasteiger partial charge in [0, 0.05) is 31.3 Å². The third-order valence-electron chi connectivity index (χ3n) is 4.86. The van der Waals surface area contributed by atoms with Crippen LogP contribution in [0.2, 0.25) is 0 Å². The molecule has 144 valence electrons. The van der Waals surface area contributed by atoms with Gasteiger partial charge in [-0.05, 0) is 66.3 Å². The van der Waals surface area contributed by atoms with Crippen LogP contribution in [0.1, 0.15) is 23.1 Å². The van der Waals surface area contributed by atoms with Crippen LogP contribution in [0.25, 0.3) is 0 Å². The summed E-state index contributed by atoms with van der Waals surface area (Å²) in [6.07, 6.45) is 8.71. The molecule has 1 unspecified atom stereocenters. The van der Waals surface area contributed by atoms with Crippen molar-refractivity contribution in [1.82, 2.24) is 15.3 Å². The predicted octanol–water partition coefficient (Wildman–Crippen LogP) is 2.76. The number of benzene rings is 1. The van der Waals surface area contributed by atoms with Gasteiger partial charge in [-0.25, -0.2) is 4.39 Å². The smallest absolute Gasteiger partial charge is 0.242 e. The van der Waals surface area contributed by atoms with E-state index in [2.05, 4.69) is 15.3 Å². The van der Waals surface area contributed by atoms with Crippen molar-refractivity contribution >= 4 is 5.91 Å². The summed E-state index contributed by atoms with van der Waals surface area (Å²) in [5, 5.41) is 3.35. The number of carbonyl (C=O) groups excluding carboxylic acids is 1. The van der Waals surface area contributed by atoms with Crippen molar-refractivity contribution in [3.63, 3.8) is 0 Å². The van der Waals surface area contributed by atoms with Gasteiger partial charge in [0.1, 0.15) is 11.4 Å². The number of aryl methyl sites for hydroxylation is 1. The quantitative estimate of drug-likeness (QED) is 0.600. The first-order valence-electron chi connectivity index (χ1n) is 9.19. The Kier molecular flexibility index (Phi) is 6.45. The first-order chi connectivity index (χ1) is 13.6. The number of primary amides is 1. The molecule has 0 fully saturated rings. The largest absolute Gasteiger partial charge is 0.368 e. The van der Waals surface area contributed by atoms with Crippen LogP contribution < -0.4 is 11.1 Å². The molecule has 0 radical (unpaired) electrons. The van der Waals surface area contributed by atoms with Crippen molar-refractivity contribution in [3.8, 4) is 0 Å². The zero-order chi connectivity index (χ0) is 19.8. The first kappa shape index (κ1) is 19.6. The Labute approximate surface area is 163 Å². The minimum atomic E-state index is -1.10. The summed E-state index contributed by atoms with van der Waals surface area (Å²) >= 11 is 0. The molecular weight excluding hydrogens is 355 g/mol. The van der Waals surface area contributed by atoms with E-state index in [4.69, 9.17) is 5.73 Å². The molecular formula is C22H23FN4O. The molecule has 0 aliphatic rings. The van der Waals surface area contributed by atoms with E-state index in [0.29, 0.717) is 31.4 Å². The Balaban J connectivity index is 1.83. The van der Waals surface area contributed by atoms with Crippen LogP contribution >= 0.6 is 0 Å². The molecule has 2 aromatic heterocycles. The third kappa shape index (κ3) is 4.78. The van der Waals surface area contributed by atoms with Gasteiger partial charge in [-0.3, -0.25) is 20.1 Å². The molecule has 1 aromatic carbocycles. The Bertz CT molecular complexity index is 887. The summed E-state index contributed by atoms with van der Waals surface area (Å²) in [5.41, 5.74) is 7.53. The summed E-state index contributed by atoms with van der Waals surface area (Å²) in [5.74, 6) is -0.844. The van der Waals surface area contributed by atoms with E-state index in [1.165, 1.54) is 12.1 Å². The fourth-order valence-electron chi connectivity index (χ4n) is 3.27. The maximum atomic E-state index is 13.4. The summed E-state index contributed by atoms with van der Waals surface area (Å²) < 4.78 is 13.4. The highest BCUT2D eigenvalue weighted by atomic mass is 19.1. The van der Waals surface area contributed by atoms with Crippen molar-refractivity contribution in [3.05, 3.63) is 95.8 Å². The summed E-state index contributed by atoms with van der Waals surface area (Å²) in [4.78, 5) is 20.7. The minimum Gasteiger partial charge on any atom is -0.368 e. The Hall–Kier alpha value is -3.12. The number of amides is 1. The van der Waals surface area contributed by atoms with Gasteiger partial charge < -0.3 is 5.73 Å². The molecule has 28 heavy (non-hydrogen) atoms. The molecule has 0 spiro atoms. The SMILES string of the molecule is NC(=O)C(CCc1cccnc1)(NCCc1ccncc1)c1ccc(F)cc1. The van der Waals surface area contributed by atoms with Gasteiger partial charge >= 0.3 is 0 Å². The lowest BCUT2D eigenvalue weighted by molar-refractivity contribution is -0.125. The van der Waals surface area contributed by atoms with Crippen molar-refractivity contribution in [2.75, 3.05) is 6.54 Å².